The zero-order valence-corrected chi connectivity index (χ0v) is 12.4. The second-order valence-corrected chi connectivity index (χ2v) is 5.24. The van der Waals surface area contributed by atoms with E-state index in [0.717, 1.165) is 10.2 Å². The normalized spacial score (nSPS) is 10.5. The van der Waals surface area contributed by atoms with Gasteiger partial charge >= 0.3 is 5.97 Å². The molecule has 0 unspecified atom stereocenters. The number of aromatic carboxylic acids is 1. The molecule has 0 spiro atoms. The van der Waals surface area contributed by atoms with Crippen molar-refractivity contribution < 1.29 is 9.90 Å². The monoisotopic (exact) mass is 343 g/mol. The molecule has 0 atom stereocenters. The van der Waals surface area contributed by atoms with E-state index in [-0.39, 0.29) is 5.69 Å². The number of nitrogens with zero attached hydrogens (tertiary/aromatic N) is 3. The van der Waals surface area contributed by atoms with Gasteiger partial charge in [0, 0.05) is 16.7 Å². The number of aromatic nitrogens is 3. The van der Waals surface area contributed by atoms with Crippen LogP contribution in [0.4, 0.5) is 0 Å². The topological polar surface area (TPSA) is 68.0 Å². The fourth-order valence-electron chi connectivity index (χ4n) is 1.99. The van der Waals surface area contributed by atoms with Gasteiger partial charge in [0.25, 0.3) is 0 Å². The Labute approximate surface area is 129 Å². The summed E-state index contributed by atoms with van der Waals surface area (Å²) in [6.45, 7) is 0. The Morgan fingerprint density at radius 1 is 1.14 bits per heavy atom. The zero-order valence-electron chi connectivity index (χ0n) is 10.8. The van der Waals surface area contributed by atoms with Crippen LogP contribution in [0.15, 0.2) is 59.2 Å². The maximum atomic E-state index is 11.2. The van der Waals surface area contributed by atoms with Crippen LogP contribution in [0.3, 0.4) is 0 Å². The van der Waals surface area contributed by atoms with Crippen molar-refractivity contribution in [2.75, 3.05) is 0 Å². The molecule has 2 heterocycles. The highest BCUT2D eigenvalue weighted by atomic mass is 79.9. The molecule has 1 aromatic carbocycles. The quantitative estimate of drug-likeness (QED) is 0.791. The van der Waals surface area contributed by atoms with Crippen LogP contribution in [0, 0.1) is 0 Å². The second kappa shape index (κ2) is 5.49. The second-order valence-electron chi connectivity index (χ2n) is 4.33. The minimum absolute atomic E-state index is 0.0179. The number of pyridine rings is 1. The van der Waals surface area contributed by atoms with E-state index >= 15 is 0 Å². The van der Waals surface area contributed by atoms with E-state index < -0.39 is 5.97 Å². The zero-order chi connectivity index (χ0) is 14.8. The average Bonchev–Trinajstić information content (AvgIpc) is 2.93. The van der Waals surface area contributed by atoms with Crippen molar-refractivity contribution in [2.45, 2.75) is 0 Å². The first-order chi connectivity index (χ1) is 10.1. The number of hydrogen-bond donors (Lipinski definition) is 1. The predicted molar refractivity (Wildman–Crippen MR) is 81.5 cm³/mol. The Hall–Kier alpha value is -2.47. The molecule has 0 fully saturated rings. The Morgan fingerprint density at radius 3 is 2.67 bits per heavy atom. The van der Waals surface area contributed by atoms with Crippen molar-refractivity contribution in [2.24, 2.45) is 0 Å². The lowest BCUT2D eigenvalue weighted by atomic mass is 10.2. The highest BCUT2D eigenvalue weighted by Gasteiger charge is 2.16. The van der Waals surface area contributed by atoms with Crippen LogP contribution < -0.4 is 0 Å². The average molecular weight is 344 g/mol. The van der Waals surface area contributed by atoms with Crippen LogP contribution in [-0.4, -0.2) is 25.8 Å². The van der Waals surface area contributed by atoms with Crippen molar-refractivity contribution in [1.29, 1.82) is 0 Å². The van der Waals surface area contributed by atoms with Crippen LogP contribution >= 0.6 is 15.9 Å². The summed E-state index contributed by atoms with van der Waals surface area (Å²) in [5.41, 5.74) is 2.04. The van der Waals surface area contributed by atoms with Crippen LogP contribution in [0.25, 0.3) is 17.1 Å². The van der Waals surface area contributed by atoms with Crippen LogP contribution in [0.2, 0.25) is 0 Å². The highest BCUT2D eigenvalue weighted by Crippen LogP contribution is 2.24. The molecule has 104 valence electrons. The number of benzene rings is 1. The minimum atomic E-state index is -1.07. The first-order valence-corrected chi connectivity index (χ1v) is 6.95. The van der Waals surface area contributed by atoms with Gasteiger partial charge in [-0.05, 0) is 30.3 Å². The summed E-state index contributed by atoms with van der Waals surface area (Å²) in [7, 11) is 0. The Bertz CT molecular complexity index is 800. The smallest absolute Gasteiger partial charge is 0.356 e. The maximum Gasteiger partial charge on any atom is 0.356 e. The lowest BCUT2D eigenvalue weighted by Crippen LogP contribution is -2.02. The minimum Gasteiger partial charge on any atom is -0.476 e. The summed E-state index contributed by atoms with van der Waals surface area (Å²) in [6.07, 6.45) is 1.66. The van der Waals surface area contributed by atoms with Gasteiger partial charge in [0.1, 0.15) is 0 Å². The van der Waals surface area contributed by atoms with Gasteiger partial charge in [0.2, 0.25) is 0 Å². The molecule has 0 amide bonds. The lowest BCUT2D eigenvalue weighted by molar-refractivity contribution is 0.0690. The van der Waals surface area contributed by atoms with Crippen molar-refractivity contribution in [3.8, 4) is 17.1 Å². The number of halogens is 1. The molecule has 3 rings (SSSR count). The molecule has 2 aromatic heterocycles. The van der Waals surface area contributed by atoms with Crippen molar-refractivity contribution in [3.63, 3.8) is 0 Å². The summed E-state index contributed by atoms with van der Waals surface area (Å²) in [5, 5.41) is 13.3. The van der Waals surface area contributed by atoms with Gasteiger partial charge < -0.3 is 5.11 Å². The Morgan fingerprint density at radius 2 is 2.00 bits per heavy atom. The van der Waals surface area contributed by atoms with E-state index in [0.29, 0.717) is 11.4 Å². The summed E-state index contributed by atoms with van der Waals surface area (Å²) >= 11 is 3.40. The van der Waals surface area contributed by atoms with Gasteiger partial charge in [0.15, 0.2) is 5.69 Å². The number of rotatable bonds is 3. The van der Waals surface area contributed by atoms with E-state index in [1.165, 1.54) is 6.07 Å². The first kappa shape index (κ1) is 13.5. The van der Waals surface area contributed by atoms with E-state index in [1.54, 1.807) is 16.9 Å². The van der Waals surface area contributed by atoms with Crippen molar-refractivity contribution >= 4 is 21.9 Å². The molecule has 0 aliphatic rings. The molecule has 0 aliphatic carbocycles. The molecule has 5 nitrogen and oxygen atoms in total. The van der Waals surface area contributed by atoms with E-state index in [1.807, 2.05) is 36.4 Å². The number of carboxylic acids is 1. The molecule has 6 heteroatoms. The molecule has 1 N–H and O–H groups in total. The number of carbonyl (C=O) groups is 1. The third kappa shape index (κ3) is 2.71. The third-order valence-corrected chi connectivity index (χ3v) is 3.40. The standard InChI is InChI=1S/C15H10BrN3O2/c16-10-4-3-5-11(8-10)19-14(9-13(18-19)15(20)21)12-6-1-2-7-17-12/h1-9H,(H,20,21). The Kier molecular flexibility index (Phi) is 3.53. The number of hydrogen-bond acceptors (Lipinski definition) is 3. The van der Waals surface area contributed by atoms with E-state index in [2.05, 4.69) is 26.0 Å². The molecule has 0 saturated heterocycles. The third-order valence-electron chi connectivity index (χ3n) is 2.91. The van der Waals surface area contributed by atoms with Gasteiger partial charge in [-0.25, -0.2) is 9.48 Å². The van der Waals surface area contributed by atoms with Gasteiger partial charge in [-0.2, -0.15) is 5.10 Å². The van der Waals surface area contributed by atoms with Crippen molar-refractivity contribution in [1.82, 2.24) is 14.8 Å². The largest absolute Gasteiger partial charge is 0.476 e. The van der Waals surface area contributed by atoms with Crippen LogP contribution in [0.1, 0.15) is 10.5 Å². The molecular weight excluding hydrogens is 334 g/mol. The molecule has 0 bridgehead atoms. The summed E-state index contributed by atoms with van der Waals surface area (Å²) in [4.78, 5) is 15.5. The molecule has 0 radical (unpaired) electrons. The fourth-order valence-corrected chi connectivity index (χ4v) is 2.37. The SMILES string of the molecule is O=C(O)c1cc(-c2ccccn2)n(-c2cccc(Br)c2)n1. The maximum absolute atomic E-state index is 11.2. The summed E-state index contributed by atoms with van der Waals surface area (Å²) in [6, 6.07) is 14.5. The molecule has 3 aromatic rings. The van der Waals surface area contributed by atoms with Crippen LogP contribution in [-0.2, 0) is 0 Å². The van der Waals surface area contributed by atoms with Crippen LogP contribution in [0.5, 0.6) is 0 Å². The lowest BCUT2D eigenvalue weighted by Gasteiger charge is -2.07. The van der Waals surface area contributed by atoms with Gasteiger partial charge in [-0.3, -0.25) is 4.98 Å². The van der Waals surface area contributed by atoms with Gasteiger partial charge in [0.05, 0.1) is 17.1 Å². The van der Waals surface area contributed by atoms with Crippen molar-refractivity contribution in [3.05, 3.63) is 64.9 Å². The van der Waals surface area contributed by atoms with Gasteiger partial charge in [-0.1, -0.05) is 28.1 Å². The molecule has 21 heavy (non-hydrogen) atoms. The molecule has 0 aliphatic heterocycles. The van der Waals surface area contributed by atoms with E-state index in [4.69, 9.17) is 5.11 Å². The highest BCUT2D eigenvalue weighted by molar-refractivity contribution is 9.10. The fraction of sp³-hybridized carbons (Fsp3) is 0. The Balaban J connectivity index is 2.21. The summed E-state index contributed by atoms with van der Waals surface area (Å²) in [5.74, 6) is -1.07. The van der Waals surface area contributed by atoms with Gasteiger partial charge in [-0.15, -0.1) is 0 Å². The summed E-state index contributed by atoms with van der Waals surface area (Å²) < 4.78 is 2.47. The van der Waals surface area contributed by atoms with E-state index in [9.17, 15) is 4.79 Å². The number of carboxylic acid groups (broad SMARTS) is 1. The first-order valence-electron chi connectivity index (χ1n) is 6.16. The molecule has 0 saturated carbocycles. The molecular formula is C15H10BrN3O2. The predicted octanol–water partition coefficient (Wildman–Crippen LogP) is 3.40.